The molecular weight excluding hydrogens is 215 g/mol. The zero-order valence-corrected chi connectivity index (χ0v) is 10.6. The molecule has 0 bridgehead atoms. The van der Waals surface area contributed by atoms with Crippen LogP contribution in [0.3, 0.4) is 0 Å². The monoisotopic (exact) mass is 235 g/mol. The summed E-state index contributed by atoms with van der Waals surface area (Å²) >= 11 is 0. The van der Waals surface area contributed by atoms with Gasteiger partial charge in [-0.3, -0.25) is 4.79 Å². The van der Waals surface area contributed by atoms with Crippen LogP contribution >= 0.6 is 8.46 Å². The predicted octanol–water partition coefficient (Wildman–Crippen LogP) is 2.35. The molecule has 0 N–H and O–H groups in total. The Morgan fingerprint density at radius 1 is 1.27 bits per heavy atom. The molecule has 0 spiro atoms. The van der Waals surface area contributed by atoms with E-state index in [0.717, 1.165) is 6.42 Å². The van der Waals surface area contributed by atoms with Crippen LogP contribution in [0.5, 0.6) is 0 Å². The maximum Gasteiger partial charge on any atom is 0.357 e. The first-order valence-corrected chi connectivity index (χ1v) is 6.35. The van der Waals surface area contributed by atoms with Gasteiger partial charge in [0.1, 0.15) is 5.92 Å². The van der Waals surface area contributed by atoms with Gasteiger partial charge in [0, 0.05) is 6.61 Å². The van der Waals surface area contributed by atoms with Crippen molar-refractivity contribution in [2.75, 3.05) is 13.2 Å². The fourth-order valence-corrected chi connectivity index (χ4v) is 2.07. The first-order chi connectivity index (χ1) is 7.21. The third-order valence-electron chi connectivity index (χ3n) is 2.02. The first kappa shape index (κ1) is 14.5. The second-order valence-corrected chi connectivity index (χ2v) is 3.95. The number of carbonyl (C=O) groups is 1. The molecule has 0 radical (unpaired) electrons. The number of hydrogen-bond donors (Lipinski definition) is 0. The highest BCUT2D eigenvalue weighted by Gasteiger charge is 2.35. The van der Waals surface area contributed by atoms with E-state index >= 15 is 0 Å². The minimum Gasteiger partial charge on any atom is -0.466 e. The van der Waals surface area contributed by atoms with Crippen LogP contribution in [0, 0.1) is 5.92 Å². The topological polar surface area (TPSA) is 52.6 Å². The van der Waals surface area contributed by atoms with E-state index in [2.05, 4.69) is 0 Å². The number of esters is 1. The van der Waals surface area contributed by atoms with E-state index in [1.807, 2.05) is 13.8 Å². The van der Waals surface area contributed by atoms with Gasteiger partial charge >= 0.3 is 14.4 Å². The third kappa shape index (κ3) is 5.24. The summed E-state index contributed by atoms with van der Waals surface area (Å²) in [7, 11) is -0.630. The van der Waals surface area contributed by atoms with Crippen LogP contribution in [0.15, 0.2) is 0 Å². The van der Waals surface area contributed by atoms with Gasteiger partial charge < -0.3 is 9.47 Å². The Labute approximate surface area is 92.5 Å². The summed E-state index contributed by atoms with van der Waals surface area (Å²) in [5.41, 5.74) is 0. The summed E-state index contributed by atoms with van der Waals surface area (Å²) in [6, 6.07) is 0. The van der Waals surface area contributed by atoms with Crippen molar-refractivity contribution in [2.24, 2.45) is 5.92 Å². The van der Waals surface area contributed by atoms with E-state index < -0.39 is 20.2 Å². The van der Waals surface area contributed by atoms with Gasteiger partial charge in [0.15, 0.2) is 0 Å². The lowest BCUT2D eigenvalue weighted by Gasteiger charge is -2.15. The van der Waals surface area contributed by atoms with E-state index in [-0.39, 0.29) is 5.97 Å². The predicted molar refractivity (Wildman–Crippen MR) is 59.4 cm³/mol. The Kier molecular flexibility index (Phi) is 8.53. The van der Waals surface area contributed by atoms with E-state index in [9.17, 15) is 9.36 Å². The molecule has 0 aliphatic carbocycles. The fourth-order valence-electron chi connectivity index (χ4n) is 1.36. The van der Waals surface area contributed by atoms with Crippen LogP contribution in [0.4, 0.5) is 0 Å². The first-order valence-electron chi connectivity index (χ1n) is 5.37. The molecule has 0 heterocycles. The highest BCUT2D eigenvalue weighted by atomic mass is 31.1. The molecule has 88 valence electrons. The van der Waals surface area contributed by atoms with Crippen molar-refractivity contribution < 1.29 is 18.8 Å². The minimum atomic E-state index is -0.630. The molecule has 0 aliphatic heterocycles. The Morgan fingerprint density at radius 3 is 2.33 bits per heavy atom. The van der Waals surface area contributed by atoms with Gasteiger partial charge in [-0.15, -0.1) is 0 Å². The molecule has 0 saturated carbocycles. The van der Waals surface area contributed by atoms with Crippen molar-refractivity contribution in [1.29, 1.82) is 0 Å². The number of hydrogen-bond acceptors (Lipinski definition) is 4. The summed E-state index contributed by atoms with van der Waals surface area (Å²) in [4.78, 5) is 11.6. The molecule has 0 aliphatic rings. The fraction of sp³-hybridized carbons (Fsp3) is 0.900. The quantitative estimate of drug-likeness (QED) is 0.478. The molecular formula is C10H20O4P+. The second-order valence-electron chi connectivity index (χ2n) is 3.14. The molecule has 0 aromatic heterocycles. The highest BCUT2D eigenvalue weighted by molar-refractivity contribution is 7.24. The Morgan fingerprint density at radius 2 is 1.93 bits per heavy atom. The molecule has 0 aromatic rings. The smallest absolute Gasteiger partial charge is 0.357 e. The molecule has 3 unspecified atom stereocenters. The van der Waals surface area contributed by atoms with Gasteiger partial charge in [0.05, 0.1) is 6.61 Å². The lowest BCUT2D eigenvalue weighted by molar-refractivity contribution is -0.151. The minimum absolute atomic E-state index is 0.304. The molecule has 4 nitrogen and oxygen atoms in total. The molecule has 15 heavy (non-hydrogen) atoms. The lowest BCUT2D eigenvalue weighted by atomic mass is 10.1. The van der Waals surface area contributed by atoms with Crippen molar-refractivity contribution in [2.45, 2.75) is 39.5 Å². The Bertz CT molecular complexity index is 196. The molecule has 0 aromatic carbocycles. The maximum atomic E-state index is 11.6. The van der Waals surface area contributed by atoms with E-state index in [0.29, 0.717) is 19.6 Å². The molecule has 0 rings (SSSR count). The number of rotatable bonds is 8. The van der Waals surface area contributed by atoms with E-state index in [1.54, 1.807) is 6.92 Å². The third-order valence-corrected chi connectivity index (χ3v) is 2.82. The van der Waals surface area contributed by atoms with Gasteiger partial charge in [-0.2, -0.15) is 0 Å². The van der Waals surface area contributed by atoms with Crippen LogP contribution < -0.4 is 0 Å². The van der Waals surface area contributed by atoms with Crippen molar-refractivity contribution in [1.82, 2.24) is 0 Å². The zero-order valence-electron chi connectivity index (χ0n) is 9.62. The SMILES string of the molecule is CCCC(C(=O)OCC)C(OCC)[PH+]=O. The summed E-state index contributed by atoms with van der Waals surface area (Å²) in [6.45, 7) is 6.36. The number of ether oxygens (including phenoxy) is 2. The highest BCUT2D eigenvalue weighted by Crippen LogP contribution is 2.24. The van der Waals surface area contributed by atoms with Crippen LogP contribution in [-0.2, 0) is 18.8 Å². The van der Waals surface area contributed by atoms with Crippen LogP contribution in [0.25, 0.3) is 0 Å². The average molecular weight is 235 g/mol. The van der Waals surface area contributed by atoms with Gasteiger partial charge in [-0.1, -0.05) is 17.9 Å². The van der Waals surface area contributed by atoms with Gasteiger partial charge in [-0.05, 0) is 20.3 Å². The molecule has 0 saturated heterocycles. The molecule has 5 heteroatoms. The largest absolute Gasteiger partial charge is 0.466 e. The van der Waals surface area contributed by atoms with Crippen molar-refractivity contribution >= 4 is 14.4 Å². The van der Waals surface area contributed by atoms with Crippen LogP contribution in [0.2, 0.25) is 0 Å². The second kappa shape index (κ2) is 8.81. The zero-order chi connectivity index (χ0) is 11.7. The van der Waals surface area contributed by atoms with Crippen molar-refractivity contribution in [3.63, 3.8) is 0 Å². The van der Waals surface area contributed by atoms with Crippen LogP contribution in [0.1, 0.15) is 33.6 Å². The molecule has 0 fully saturated rings. The van der Waals surface area contributed by atoms with Crippen LogP contribution in [-0.4, -0.2) is 25.0 Å². The number of carbonyl (C=O) groups excluding carboxylic acids is 1. The maximum absolute atomic E-state index is 11.6. The summed E-state index contributed by atoms with van der Waals surface area (Å²) in [6.07, 6.45) is 1.50. The van der Waals surface area contributed by atoms with Crippen molar-refractivity contribution in [3.05, 3.63) is 0 Å². The van der Waals surface area contributed by atoms with Gasteiger partial charge in [0.25, 0.3) is 5.85 Å². The van der Waals surface area contributed by atoms with Gasteiger partial charge in [0.2, 0.25) is 0 Å². The Balaban J connectivity index is 4.44. The van der Waals surface area contributed by atoms with Gasteiger partial charge in [-0.25, -0.2) is 0 Å². The van der Waals surface area contributed by atoms with Crippen molar-refractivity contribution in [3.8, 4) is 0 Å². The summed E-state index contributed by atoms with van der Waals surface area (Å²) in [5.74, 6) is -1.22. The summed E-state index contributed by atoms with van der Waals surface area (Å²) < 4.78 is 21.1. The average Bonchev–Trinajstić information content (AvgIpc) is 2.23. The molecule has 3 atom stereocenters. The molecule has 0 amide bonds. The standard InChI is InChI=1S/C10H19O4P/c1-4-7-8(9(11)13-5-2)10(15-12)14-6-3/h8,10H,4-7H2,1-3H3/p+1. The normalized spacial score (nSPS) is 14.9. The Hall–Kier alpha value is -0.470. The summed E-state index contributed by atoms with van der Waals surface area (Å²) in [5, 5.41) is 0. The van der Waals surface area contributed by atoms with E-state index in [4.69, 9.17) is 9.47 Å². The van der Waals surface area contributed by atoms with E-state index in [1.165, 1.54) is 0 Å². The lowest BCUT2D eigenvalue weighted by Crippen LogP contribution is -2.28.